The molecule has 8 heteroatoms. The van der Waals surface area contributed by atoms with Crippen molar-refractivity contribution in [2.75, 3.05) is 0 Å². The summed E-state index contributed by atoms with van der Waals surface area (Å²) in [6.07, 6.45) is 27.5. The van der Waals surface area contributed by atoms with Crippen LogP contribution in [0.2, 0.25) is 0 Å². The van der Waals surface area contributed by atoms with Gasteiger partial charge in [0.15, 0.2) is 0 Å². The minimum absolute atomic E-state index is 0.349. The first-order valence-electron chi connectivity index (χ1n) is 25.8. The fourth-order valence-corrected chi connectivity index (χ4v) is 9.74. The van der Waals surface area contributed by atoms with E-state index in [1.807, 2.05) is 0 Å². The highest BCUT2D eigenvalue weighted by atomic mass is 79.9. The van der Waals surface area contributed by atoms with Gasteiger partial charge < -0.3 is 18.6 Å². The quantitative estimate of drug-likeness (QED) is 0.0626. The van der Waals surface area contributed by atoms with Crippen molar-refractivity contribution in [3.63, 3.8) is 0 Å². The summed E-state index contributed by atoms with van der Waals surface area (Å²) in [5, 5.41) is 0. The van der Waals surface area contributed by atoms with Crippen molar-refractivity contribution in [2.24, 2.45) is 0 Å². The molecule has 2 aliphatic rings. The highest BCUT2D eigenvalue weighted by Crippen LogP contribution is 2.39. The molecule has 356 valence electrons. The van der Waals surface area contributed by atoms with Gasteiger partial charge in [0.25, 0.3) is 0 Å². The summed E-state index contributed by atoms with van der Waals surface area (Å²) in [6, 6.07) is 18.4. The zero-order valence-electron chi connectivity index (χ0n) is 42.7. The lowest BCUT2D eigenvalue weighted by atomic mass is 9.67. The highest BCUT2D eigenvalue weighted by Gasteiger charge is 2.54. The lowest BCUT2D eigenvalue weighted by Crippen LogP contribution is -2.43. The van der Waals surface area contributed by atoms with Crippen LogP contribution in [0.5, 0.6) is 0 Å². The third-order valence-corrected chi connectivity index (χ3v) is 15.5. The van der Waals surface area contributed by atoms with Gasteiger partial charge in [-0.25, -0.2) is 0 Å². The Labute approximate surface area is 410 Å². The van der Waals surface area contributed by atoms with Crippen molar-refractivity contribution >= 4 is 57.0 Å². The lowest BCUT2D eigenvalue weighted by molar-refractivity contribution is 0.00578. The first-order chi connectivity index (χ1) is 30.4. The number of aryl methyl sites for hydroxylation is 4. The third-order valence-electron chi connectivity index (χ3n) is 14.5. The standard InChI is InChI=1S/C30H52B2O4.C26H36Br2/c1-11-13-15-17-19-23-21-26(32-35-29(7,8)30(9,10)36-32)24(20-18-16-14-12-2)22-25(23)31-33-27(3,4)28(5,6)34-31;1-3-5-7-9-10-12-14-22-20-24(28)16-18-26(22)25-17-15-23(27)19-21(25)13-11-8-6-4-2/h21-22H,11-20H2,1-10H3;15-20H,3-14H2,1-2H3. The molecule has 0 N–H and O–H groups in total. The Bertz CT molecular complexity index is 1750. The van der Waals surface area contributed by atoms with Crippen LogP contribution in [-0.2, 0) is 44.3 Å². The molecule has 3 aromatic rings. The van der Waals surface area contributed by atoms with Crippen LogP contribution < -0.4 is 10.9 Å². The van der Waals surface area contributed by atoms with E-state index < -0.39 is 0 Å². The van der Waals surface area contributed by atoms with Gasteiger partial charge in [-0.05, 0) is 175 Å². The molecule has 0 unspecified atom stereocenters. The first-order valence-corrected chi connectivity index (χ1v) is 27.4. The Kier molecular flexibility index (Phi) is 22.7. The molecule has 0 amide bonds. The van der Waals surface area contributed by atoms with Crippen LogP contribution in [0, 0.1) is 0 Å². The van der Waals surface area contributed by atoms with Gasteiger partial charge in [0.2, 0.25) is 0 Å². The highest BCUT2D eigenvalue weighted by molar-refractivity contribution is 9.10. The van der Waals surface area contributed by atoms with E-state index in [9.17, 15) is 0 Å². The molecule has 5 rings (SSSR count). The second-order valence-electron chi connectivity index (χ2n) is 21.0. The lowest BCUT2D eigenvalue weighted by Gasteiger charge is -2.32. The van der Waals surface area contributed by atoms with E-state index in [1.165, 1.54) is 182 Å². The molecule has 0 bridgehead atoms. The smallest absolute Gasteiger partial charge is 0.399 e. The SMILES string of the molecule is CCCCCCCCc1cc(Br)ccc1-c1ccc(Br)cc1CCCCCC.CCCCCCc1cc(B2OC(C)(C)C(C)(C)O2)c(CCCCCC)cc1B1OC(C)(C)C(C)(C)O1. The molecule has 0 atom stereocenters. The maximum atomic E-state index is 6.56. The fourth-order valence-electron chi connectivity index (χ4n) is 8.93. The molecule has 0 aromatic heterocycles. The van der Waals surface area contributed by atoms with E-state index in [2.05, 4.69) is 163 Å². The number of hydrogen-bond donors (Lipinski definition) is 0. The van der Waals surface area contributed by atoms with Crippen molar-refractivity contribution in [1.82, 2.24) is 0 Å². The summed E-state index contributed by atoms with van der Waals surface area (Å²) < 4.78 is 28.6. The summed E-state index contributed by atoms with van der Waals surface area (Å²) in [7, 11) is -0.698. The molecule has 2 fully saturated rings. The van der Waals surface area contributed by atoms with E-state index in [-0.39, 0.29) is 36.6 Å². The van der Waals surface area contributed by atoms with Gasteiger partial charge in [0.1, 0.15) is 0 Å². The molecule has 2 aliphatic heterocycles. The van der Waals surface area contributed by atoms with Crippen LogP contribution in [-0.4, -0.2) is 36.6 Å². The van der Waals surface area contributed by atoms with Gasteiger partial charge in [-0.2, -0.15) is 0 Å². The Morgan fingerprint density at radius 3 is 0.938 bits per heavy atom. The van der Waals surface area contributed by atoms with Gasteiger partial charge in [-0.1, -0.05) is 174 Å². The maximum absolute atomic E-state index is 6.56. The van der Waals surface area contributed by atoms with Crippen LogP contribution in [0.3, 0.4) is 0 Å². The van der Waals surface area contributed by atoms with Crippen molar-refractivity contribution < 1.29 is 18.6 Å². The number of halogens is 2. The summed E-state index contributed by atoms with van der Waals surface area (Å²) in [6.45, 7) is 26.2. The van der Waals surface area contributed by atoms with Crippen LogP contribution in [0.4, 0.5) is 0 Å². The molecule has 0 radical (unpaired) electrons. The topological polar surface area (TPSA) is 36.9 Å². The predicted molar refractivity (Wildman–Crippen MR) is 286 cm³/mol. The van der Waals surface area contributed by atoms with Gasteiger partial charge in [0.05, 0.1) is 22.4 Å². The minimum Gasteiger partial charge on any atom is -0.399 e. The molecule has 2 saturated heterocycles. The number of hydrogen-bond acceptors (Lipinski definition) is 4. The number of rotatable bonds is 25. The average molecular weight is 1010 g/mol. The van der Waals surface area contributed by atoms with Crippen LogP contribution in [0.1, 0.15) is 221 Å². The summed E-state index contributed by atoms with van der Waals surface area (Å²) in [4.78, 5) is 0. The zero-order chi connectivity index (χ0) is 47.0. The predicted octanol–water partition coefficient (Wildman–Crippen LogP) is 16.4. The summed E-state index contributed by atoms with van der Waals surface area (Å²) >= 11 is 7.38. The van der Waals surface area contributed by atoms with Gasteiger partial charge in [-0.3, -0.25) is 0 Å². The maximum Gasteiger partial charge on any atom is 0.495 e. The average Bonchev–Trinajstić information content (AvgIpc) is 3.60. The van der Waals surface area contributed by atoms with Crippen LogP contribution in [0.25, 0.3) is 11.1 Å². The number of benzene rings is 3. The molecule has 0 saturated carbocycles. The Morgan fingerprint density at radius 2 is 0.625 bits per heavy atom. The molecule has 64 heavy (non-hydrogen) atoms. The van der Waals surface area contributed by atoms with E-state index in [4.69, 9.17) is 18.6 Å². The van der Waals surface area contributed by atoms with E-state index in [1.54, 1.807) is 0 Å². The van der Waals surface area contributed by atoms with Gasteiger partial charge >= 0.3 is 14.2 Å². The number of unbranched alkanes of at least 4 members (excludes halogenated alkanes) is 14. The third kappa shape index (κ3) is 15.8. The van der Waals surface area contributed by atoms with E-state index in [0.717, 1.165) is 12.8 Å². The second kappa shape index (κ2) is 26.4. The summed E-state index contributed by atoms with van der Waals surface area (Å²) in [5.74, 6) is 0. The largest absolute Gasteiger partial charge is 0.495 e. The molecule has 0 spiro atoms. The van der Waals surface area contributed by atoms with E-state index in [0.29, 0.717) is 0 Å². The monoisotopic (exact) mass is 1000 g/mol. The Morgan fingerprint density at radius 1 is 0.359 bits per heavy atom. The first kappa shape index (κ1) is 55.2. The summed E-state index contributed by atoms with van der Waals surface area (Å²) in [5.41, 5.74) is 9.39. The molecule has 4 nitrogen and oxygen atoms in total. The normalized spacial score (nSPS) is 17.2. The van der Waals surface area contributed by atoms with Crippen LogP contribution >= 0.6 is 31.9 Å². The minimum atomic E-state index is -0.358. The molecular weight excluding hydrogens is 918 g/mol. The Hall–Kier alpha value is -1.41. The van der Waals surface area contributed by atoms with Crippen LogP contribution in [0.15, 0.2) is 57.5 Å². The fraction of sp³-hybridized carbons (Fsp3) is 0.679. The van der Waals surface area contributed by atoms with Gasteiger partial charge in [0, 0.05) is 8.95 Å². The van der Waals surface area contributed by atoms with Crippen molar-refractivity contribution in [3.8, 4) is 11.1 Å². The Balaban J connectivity index is 0.000000290. The van der Waals surface area contributed by atoms with Crippen molar-refractivity contribution in [2.45, 2.75) is 247 Å². The zero-order valence-corrected chi connectivity index (χ0v) is 45.9. The molecule has 2 heterocycles. The molecule has 3 aromatic carbocycles. The van der Waals surface area contributed by atoms with Crippen molar-refractivity contribution in [3.05, 3.63) is 79.7 Å². The molecule has 0 aliphatic carbocycles. The second-order valence-corrected chi connectivity index (χ2v) is 22.8. The van der Waals surface area contributed by atoms with Gasteiger partial charge in [-0.15, -0.1) is 0 Å². The molecular formula is C56H88B2Br2O4. The van der Waals surface area contributed by atoms with Crippen molar-refractivity contribution in [1.29, 1.82) is 0 Å². The van der Waals surface area contributed by atoms with E-state index >= 15 is 0 Å².